The zero-order chi connectivity index (χ0) is 21.8. The quantitative estimate of drug-likeness (QED) is 0.741. The number of nitrogens with zero attached hydrogens (tertiary/aromatic N) is 1. The molecule has 2 N–H and O–H groups in total. The van der Waals surface area contributed by atoms with Gasteiger partial charge in [0.25, 0.3) is 0 Å². The van der Waals surface area contributed by atoms with Crippen molar-refractivity contribution in [2.45, 2.75) is 44.9 Å². The molecule has 4 rings (SSSR count). The van der Waals surface area contributed by atoms with Crippen molar-refractivity contribution in [1.29, 1.82) is 0 Å². The number of Topliss-reactive ketones (excluding diaryl/α,β-unsaturated/α-hetero) is 1. The van der Waals surface area contributed by atoms with E-state index in [-0.39, 0.29) is 36.0 Å². The van der Waals surface area contributed by atoms with E-state index >= 15 is 0 Å². The first-order valence-electron chi connectivity index (χ1n) is 10.1. The van der Waals surface area contributed by atoms with Crippen LogP contribution < -0.4 is 4.90 Å². The third-order valence-corrected chi connectivity index (χ3v) is 6.12. The Hall–Kier alpha value is -3.15. The molecule has 2 fully saturated rings. The highest BCUT2D eigenvalue weighted by Gasteiger charge is 2.55. The number of amides is 2. The van der Waals surface area contributed by atoms with Gasteiger partial charge in [0.05, 0.1) is 17.5 Å². The third-order valence-electron chi connectivity index (χ3n) is 6.12. The summed E-state index contributed by atoms with van der Waals surface area (Å²) in [7, 11) is 0. The lowest BCUT2D eigenvalue weighted by Gasteiger charge is -2.30. The monoisotopic (exact) mass is 407 g/mol. The average molecular weight is 407 g/mol. The van der Waals surface area contributed by atoms with Gasteiger partial charge in [-0.05, 0) is 35.2 Å². The molecule has 6 nitrogen and oxygen atoms in total. The van der Waals surface area contributed by atoms with Crippen molar-refractivity contribution in [1.82, 2.24) is 0 Å². The van der Waals surface area contributed by atoms with Gasteiger partial charge >= 0.3 is 0 Å². The highest BCUT2D eigenvalue weighted by atomic mass is 16.3. The molecule has 0 spiro atoms. The highest BCUT2D eigenvalue weighted by molar-refractivity contribution is 6.24. The van der Waals surface area contributed by atoms with Gasteiger partial charge in [0.1, 0.15) is 17.3 Å². The van der Waals surface area contributed by atoms with Crippen molar-refractivity contribution < 1.29 is 24.6 Å². The van der Waals surface area contributed by atoms with E-state index < -0.39 is 29.1 Å². The van der Waals surface area contributed by atoms with Crippen LogP contribution in [0.3, 0.4) is 0 Å². The molecular formula is C24H25NO5. The summed E-state index contributed by atoms with van der Waals surface area (Å²) in [6.45, 7) is 5.72. The number of hydrogen-bond acceptors (Lipinski definition) is 5. The number of aromatic hydroxyl groups is 2. The van der Waals surface area contributed by atoms with Crippen LogP contribution in [-0.4, -0.2) is 27.8 Å². The SMILES string of the molecule is CC(C)(C)c1c(O)cccc1N1C(=O)[C@H]2[C@@H](c3cccc(O)c3)CC(=O)C[C@H]2C1=O. The van der Waals surface area contributed by atoms with E-state index in [1.807, 2.05) is 20.8 Å². The Morgan fingerprint density at radius 1 is 0.900 bits per heavy atom. The number of rotatable bonds is 2. The van der Waals surface area contributed by atoms with Crippen molar-refractivity contribution in [2.24, 2.45) is 11.8 Å². The van der Waals surface area contributed by atoms with Crippen LogP contribution in [0.4, 0.5) is 5.69 Å². The normalized spacial score (nSPS) is 24.3. The Morgan fingerprint density at radius 2 is 1.57 bits per heavy atom. The van der Waals surface area contributed by atoms with Crippen LogP contribution in [0.15, 0.2) is 42.5 Å². The van der Waals surface area contributed by atoms with Gasteiger partial charge in [-0.2, -0.15) is 0 Å². The van der Waals surface area contributed by atoms with Gasteiger partial charge in [-0.3, -0.25) is 14.4 Å². The lowest BCUT2D eigenvalue weighted by Crippen LogP contribution is -2.34. The number of hydrogen-bond donors (Lipinski definition) is 2. The van der Waals surface area contributed by atoms with Crippen LogP contribution >= 0.6 is 0 Å². The molecule has 1 aliphatic carbocycles. The molecule has 0 bridgehead atoms. The second-order valence-corrected chi connectivity index (χ2v) is 9.21. The molecule has 0 radical (unpaired) electrons. The summed E-state index contributed by atoms with van der Waals surface area (Å²) in [5, 5.41) is 20.4. The topological polar surface area (TPSA) is 94.9 Å². The predicted octanol–water partition coefficient (Wildman–Crippen LogP) is 3.65. The maximum atomic E-state index is 13.6. The Morgan fingerprint density at radius 3 is 2.23 bits per heavy atom. The fourth-order valence-corrected chi connectivity index (χ4v) is 4.92. The highest BCUT2D eigenvalue weighted by Crippen LogP contribution is 2.49. The second kappa shape index (κ2) is 6.97. The minimum absolute atomic E-state index is 0.0241. The van der Waals surface area contributed by atoms with Gasteiger partial charge in [0, 0.05) is 24.3 Å². The van der Waals surface area contributed by atoms with Crippen molar-refractivity contribution in [3.8, 4) is 11.5 Å². The fourth-order valence-electron chi connectivity index (χ4n) is 4.92. The minimum Gasteiger partial charge on any atom is -0.508 e. The zero-order valence-electron chi connectivity index (χ0n) is 17.3. The van der Waals surface area contributed by atoms with E-state index in [2.05, 4.69) is 0 Å². The molecule has 1 saturated carbocycles. The smallest absolute Gasteiger partial charge is 0.238 e. The van der Waals surface area contributed by atoms with Crippen LogP contribution in [-0.2, 0) is 19.8 Å². The Balaban J connectivity index is 1.82. The Bertz CT molecular complexity index is 1050. The Kier molecular flexibility index (Phi) is 4.68. The molecule has 1 aliphatic heterocycles. The van der Waals surface area contributed by atoms with E-state index in [1.54, 1.807) is 36.4 Å². The lowest BCUT2D eigenvalue weighted by molar-refractivity contribution is -0.130. The van der Waals surface area contributed by atoms with Gasteiger partial charge < -0.3 is 10.2 Å². The number of fused-ring (bicyclic) bond motifs is 1. The molecule has 2 aliphatic rings. The summed E-state index contributed by atoms with van der Waals surface area (Å²) in [5.41, 5.74) is 1.06. The molecule has 0 aromatic heterocycles. The summed E-state index contributed by atoms with van der Waals surface area (Å²) in [5.74, 6) is -2.63. The first-order chi connectivity index (χ1) is 14.1. The molecule has 1 saturated heterocycles. The van der Waals surface area contributed by atoms with Gasteiger partial charge in [0.2, 0.25) is 11.8 Å². The van der Waals surface area contributed by atoms with Crippen molar-refractivity contribution in [3.63, 3.8) is 0 Å². The standard InChI is InChI=1S/C24H25NO5/c1-24(2,3)21-18(8-5-9-19(21)28)25-22(29)17-12-15(27)11-16(20(17)23(25)30)13-6-4-7-14(26)10-13/h4-10,16-17,20,26,28H,11-12H2,1-3H3/t16-,17-,20+/m1/s1. The minimum atomic E-state index is -0.735. The molecule has 3 atom stereocenters. The van der Waals surface area contributed by atoms with E-state index in [0.717, 1.165) is 4.90 Å². The fraction of sp³-hybridized carbons (Fsp3) is 0.375. The van der Waals surface area contributed by atoms with Crippen molar-refractivity contribution in [3.05, 3.63) is 53.6 Å². The summed E-state index contributed by atoms with van der Waals surface area (Å²) in [6.07, 6.45) is 0.189. The maximum Gasteiger partial charge on any atom is 0.238 e. The van der Waals surface area contributed by atoms with E-state index in [0.29, 0.717) is 16.8 Å². The number of carbonyl (C=O) groups excluding carboxylic acids is 3. The molecule has 2 amide bonds. The van der Waals surface area contributed by atoms with Crippen LogP contribution in [0, 0.1) is 11.8 Å². The van der Waals surface area contributed by atoms with E-state index in [4.69, 9.17) is 0 Å². The first-order valence-corrected chi connectivity index (χ1v) is 10.1. The average Bonchev–Trinajstić information content (AvgIpc) is 2.90. The molecule has 2 aromatic carbocycles. The number of carbonyl (C=O) groups is 3. The summed E-state index contributed by atoms with van der Waals surface area (Å²) < 4.78 is 0. The molecule has 2 aromatic rings. The number of benzene rings is 2. The van der Waals surface area contributed by atoms with Crippen molar-refractivity contribution >= 4 is 23.3 Å². The molecule has 156 valence electrons. The molecule has 6 heteroatoms. The predicted molar refractivity (Wildman–Crippen MR) is 111 cm³/mol. The van der Waals surface area contributed by atoms with Gasteiger partial charge in [-0.15, -0.1) is 0 Å². The second-order valence-electron chi connectivity index (χ2n) is 9.21. The van der Waals surface area contributed by atoms with Gasteiger partial charge in [0.15, 0.2) is 0 Å². The van der Waals surface area contributed by atoms with Crippen molar-refractivity contribution in [2.75, 3.05) is 4.90 Å². The zero-order valence-corrected chi connectivity index (χ0v) is 17.3. The molecule has 1 heterocycles. The maximum absolute atomic E-state index is 13.6. The lowest BCUT2D eigenvalue weighted by atomic mass is 9.70. The summed E-state index contributed by atoms with van der Waals surface area (Å²) in [6, 6.07) is 11.3. The number of ketones is 1. The van der Waals surface area contributed by atoms with Crippen LogP contribution in [0.2, 0.25) is 0 Å². The largest absolute Gasteiger partial charge is 0.508 e. The summed E-state index contributed by atoms with van der Waals surface area (Å²) in [4.78, 5) is 40.5. The first kappa shape index (κ1) is 20.1. The van der Waals surface area contributed by atoms with Gasteiger partial charge in [-0.1, -0.05) is 39.0 Å². The van der Waals surface area contributed by atoms with Gasteiger partial charge in [-0.25, -0.2) is 4.90 Å². The van der Waals surface area contributed by atoms with E-state index in [9.17, 15) is 24.6 Å². The Labute approximate surface area is 175 Å². The molecular weight excluding hydrogens is 382 g/mol. The van der Waals surface area contributed by atoms with Crippen LogP contribution in [0.25, 0.3) is 0 Å². The number of phenolic OH excluding ortho intramolecular Hbond substituents is 2. The van der Waals surface area contributed by atoms with Crippen LogP contribution in [0.1, 0.15) is 50.7 Å². The van der Waals surface area contributed by atoms with Crippen LogP contribution in [0.5, 0.6) is 11.5 Å². The molecule has 0 unspecified atom stereocenters. The summed E-state index contributed by atoms with van der Waals surface area (Å²) >= 11 is 0. The van der Waals surface area contributed by atoms with E-state index in [1.165, 1.54) is 6.07 Å². The number of phenols is 2. The number of imide groups is 1. The number of anilines is 1. The molecule has 30 heavy (non-hydrogen) atoms. The third kappa shape index (κ3) is 3.16.